The summed E-state index contributed by atoms with van der Waals surface area (Å²) < 4.78 is 13.0. The number of hydrogen-bond donors (Lipinski definition) is 2. The zero-order valence-corrected chi connectivity index (χ0v) is 10.7. The maximum Gasteiger partial charge on any atom is 0.336 e. The maximum atomic E-state index is 13.0. The van der Waals surface area contributed by atoms with Gasteiger partial charge in [0.05, 0.1) is 5.56 Å². The standard InChI is InChI=1S/C15H12FNO3/c1-9-5-6-12(8-13(9)15(19)20)17-14(18)10-3-2-4-11(16)7-10/h2-8H,1H3,(H,17,18)(H,19,20). The van der Waals surface area contributed by atoms with Gasteiger partial charge in [-0.15, -0.1) is 0 Å². The van der Waals surface area contributed by atoms with E-state index in [1.54, 1.807) is 19.1 Å². The molecule has 2 N–H and O–H groups in total. The average molecular weight is 273 g/mol. The molecule has 0 fully saturated rings. The molecule has 0 spiro atoms. The number of aryl methyl sites for hydroxylation is 1. The maximum absolute atomic E-state index is 13.0. The predicted octanol–water partition coefficient (Wildman–Crippen LogP) is 3.08. The number of amides is 1. The smallest absolute Gasteiger partial charge is 0.336 e. The largest absolute Gasteiger partial charge is 0.478 e. The van der Waals surface area contributed by atoms with Gasteiger partial charge in [0.1, 0.15) is 5.82 Å². The summed E-state index contributed by atoms with van der Waals surface area (Å²) in [6, 6.07) is 9.83. The van der Waals surface area contributed by atoms with Gasteiger partial charge < -0.3 is 10.4 Å². The van der Waals surface area contributed by atoms with Crippen LogP contribution < -0.4 is 5.32 Å². The Bertz CT molecular complexity index is 683. The van der Waals surface area contributed by atoms with E-state index in [0.29, 0.717) is 11.3 Å². The van der Waals surface area contributed by atoms with Crippen LogP contribution in [0.5, 0.6) is 0 Å². The van der Waals surface area contributed by atoms with Crippen molar-refractivity contribution in [1.29, 1.82) is 0 Å². The molecule has 2 rings (SSSR count). The SMILES string of the molecule is Cc1ccc(NC(=O)c2cccc(F)c2)cc1C(=O)O. The third-order valence-electron chi connectivity index (χ3n) is 2.81. The summed E-state index contributed by atoms with van der Waals surface area (Å²) in [7, 11) is 0. The molecule has 0 saturated carbocycles. The molecular weight excluding hydrogens is 261 g/mol. The van der Waals surface area contributed by atoms with Gasteiger partial charge in [0.25, 0.3) is 5.91 Å². The van der Waals surface area contributed by atoms with E-state index in [1.165, 1.54) is 24.3 Å². The molecule has 5 heteroatoms. The lowest BCUT2D eigenvalue weighted by molar-refractivity contribution is 0.0695. The Hall–Kier alpha value is -2.69. The molecule has 0 saturated heterocycles. The lowest BCUT2D eigenvalue weighted by Gasteiger charge is -2.08. The number of benzene rings is 2. The van der Waals surface area contributed by atoms with Crippen molar-refractivity contribution in [3.8, 4) is 0 Å². The fourth-order valence-electron chi connectivity index (χ4n) is 1.76. The first-order valence-corrected chi connectivity index (χ1v) is 5.88. The Morgan fingerprint density at radius 1 is 1.15 bits per heavy atom. The third kappa shape index (κ3) is 3.00. The first kappa shape index (κ1) is 13.7. The summed E-state index contributed by atoms with van der Waals surface area (Å²) in [6.07, 6.45) is 0. The van der Waals surface area contributed by atoms with Crippen LogP contribution in [0.4, 0.5) is 10.1 Å². The van der Waals surface area contributed by atoms with Crippen molar-refractivity contribution in [3.05, 3.63) is 65.0 Å². The Morgan fingerprint density at radius 2 is 1.90 bits per heavy atom. The van der Waals surface area contributed by atoms with Crippen molar-refractivity contribution in [2.24, 2.45) is 0 Å². The number of carbonyl (C=O) groups is 2. The van der Waals surface area contributed by atoms with E-state index in [4.69, 9.17) is 5.11 Å². The van der Waals surface area contributed by atoms with Crippen LogP contribution in [-0.4, -0.2) is 17.0 Å². The van der Waals surface area contributed by atoms with Gasteiger partial charge in [-0.05, 0) is 42.8 Å². The van der Waals surface area contributed by atoms with Crippen LogP contribution in [0.25, 0.3) is 0 Å². The van der Waals surface area contributed by atoms with E-state index < -0.39 is 17.7 Å². The van der Waals surface area contributed by atoms with Gasteiger partial charge in [-0.25, -0.2) is 9.18 Å². The molecule has 4 nitrogen and oxygen atoms in total. The Balaban J connectivity index is 2.24. The van der Waals surface area contributed by atoms with Crippen LogP contribution in [-0.2, 0) is 0 Å². The van der Waals surface area contributed by atoms with Crippen molar-refractivity contribution in [2.45, 2.75) is 6.92 Å². The van der Waals surface area contributed by atoms with Crippen LogP contribution in [0.15, 0.2) is 42.5 Å². The van der Waals surface area contributed by atoms with E-state index in [9.17, 15) is 14.0 Å². The van der Waals surface area contributed by atoms with E-state index in [-0.39, 0.29) is 11.1 Å². The highest BCUT2D eigenvalue weighted by molar-refractivity contribution is 6.04. The number of hydrogen-bond acceptors (Lipinski definition) is 2. The van der Waals surface area contributed by atoms with Crippen LogP contribution in [0, 0.1) is 12.7 Å². The second-order valence-corrected chi connectivity index (χ2v) is 4.30. The molecule has 2 aromatic carbocycles. The number of carboxylic acids is 1. The van der Waals surface area contributed by atoms with Crippen LogP contribution in [0.2, 0.25) is 0 Å². The minimum absolute atomic E-state index is 0.113. The molecule has 1 amide bonds. The molecule has 2 aromatic rings. The van der Waals surface area contributed by atoms with E-state index in [1.807, 2.05) is 0 Å². The molecule has 0 unspecified atom stereocenters. The second-order valence-electron chi connectivity index (χ2n) is 4.30. The van der Waals surface area contributed by atoms with Crippen LogP contribution in [0.1, 0.15) is 26.3 Å². The number of anilines is 1. The molecule has 0 aromatic heterocycles. The van der Waals surface area contributed by atoms with Crippen molar-refractivity contribution >= 4 is 17.6 Å². The van der Waals surface area contributed by atoms with Gasteiger partial charge in [-0.2, -0.15) is 0 Å². The minimum Gasteiger partial charge on any atom is -0.478 e. The van der Waals surface area contributed by atoms with E-state index in [2.05, 4.69) is 5.32 Å². The summed E-state index contributed by atoms with van der Waals surface area (Å²) in [5.74, 6) is -2.07. The Morgan fingerprint density at radius 3 is 2.55 bits per heavy atom. The zero-order valence-electron chi connectivity index (χ0n) is 10.7. The van der Waals surface area contributed by atoms with Gasteiger partial charge >= 0.3 is 5.97 Å². The highest BCUT2D eigenvalue weighted by Crippen LogP contribution is 2.16. The van der Waals surface area contributed by atoms with Crippen LogP contribution in [0.3, 0.4) is 0 Å². The summed E-state index contributed by atoms with van der Waals surface area (Å²) in [6.45, 7) is 1.67. The molecule has 20 heavy (non-hydrogen) atoms. The number of rotatable bonds is 3. The second kappa shape index (κ2) is 5.52. The summed E-state index contributed by atoms with van der Waals surface area (Å²) in [5.41, 5.74) is 1.23. The lowest BCUT2D eigenvalue weighted by atomic mass is 10.1. The first-order chi connectivity index (χ1) is 9.47. The van der Waals surface area contributed by atoms with E-state index in [0.717, 1.165) is 6.07 Å². The number of carboxylic acid groups (broad SMARTS) is 1. The highest BCUT2D eigenvalue weighted by Gasteiger charge is 2.11. The Labute approximate surface area is 114 Å². The monoisotopic (exact) mass is 273 g/mol. The molecule has 0 aliphatic heterocycles. The zero-order chi connectivity index (χ0) is 14.7. The quantitative estimate of drug-likeness (QED) is 0.903. The topological polar surface area (TPSA) is 66.4 Å². The molecule has 0 bridgehead atoms. The first-order valence-electron chi connectivity index (χ1n) is 5.88. The summed E-state index contributed by atoms with van der Waals surface area (Å²) in [5, 5.41) is 11.6. The lowest BCUT2D eigenvalue weighted by Crippen LogP contribution is -2.13. The summed E-state index contributed by atoms with van der Waals surface area (Å²) in [4.78, 5) is 22.9. The molecule has 0 aliphatic carbocycles. The molecule has 0 atom stereocenters. The van der Waals surface area contributed by atoms with Crippen molar-refractivity contribution in [3.63, 3.8) is 0 Å². The number of aromatic carboxylic acids is 1. The fourth-order valence-corrected chi connectivity index (χ4v) is 1.76. The number of halogens is 1. The molecule has 0 radical (unpaired) electrons. The highest BCUT2D eigenvalue weighted by atomic mass is 19.1. The van der Waals surface area contributed by atoms with Crippen molar-refractivity contribution in [2.75, 3.05) is 5.32 Å². The van der Waals surface area contributed by atoms with Crippen LogP contribution >= 0.6 is 0 Å². The number of nitrogens with one attached hydrogen (secondary N) is 1. The molecule has 102 valence electrons. The van der Waals surface area contributed by atoms with Gasteiger partial charge in [0.15, 0.2) is 0 Å². The minimum atomic E-state index is -1.07. The van der Waals surface area contributed by atoms with Gasteiger partial charge in [0.2, 0.25) is 0 Å². The van der Waals surface area contributed by atoms with Gasteiger partial charge in [-0.1, -0.05) is 12.1 Å². The Kier molecular flexibility index (Phi) is 3.79. The number of carbonyl (C=O) groups excluding carboxylic acids is 1. The molecule has 0 aliphatic rings. The van der Waals surface area contributed by atoms with Crippen molar-refractivity contribution in [1.82, 2.24) is 0 Å². The van der Waals surface area contributed by atoms with Crippen molar-refractivity contribution < 1.29 is 19.1 Å². The predicted molar refractivity (Wildman–Crippen MR) is 72.5 cm³/mol. The fraction of sp³-hybridized carbons (Fsp3) is 0.0667. The molecule has 0 heterocycles. The van der Waals surface area contributed by atoms with Gasteiger partial charge in [-0.3, -0.25) is 4.79 Å². The summed E-state index contributed by atoms with van der Waals surface area (Å²) >= 11 is 0. The normalized spacial score (nSPS) is 10.1. The van der Waals surface area contributed by atoms with Gasteiger partial charge in [0, 0.05) is 11.3 Å². The van der Waals surface area contributed by atoms with E-state index >= 15 is 0 Å². The average Bonchev–Trinajstić information content (AvgIpc) is 2.40. The molecular formula is C15H12FNO3. The third-order valence-corrected chi connectivity index (χ3v) is 2.81.